The zero-order valence-corrected chi connectivity index (χ0v) is 8.16. The third-order valence-electron chi connectivity index (χ3n) is 2.81. The second-order valence-corrected chi connectivity index (χ2v) is 3.91. The minimum Gasteiger partial charge on any atom is -0.338 e. The highest BCUT2D eigenvalue weighted by Gasteiger charge is 2.14. The molecule has 1 unspecified atom stereocenters. The van der Waals surface area contributed by atoms with Gasteiger partial charge in [-0.05, 0) is 38.3 Å². The zero-order valence-electron chi connectivity index (χ0n) is 8.16. The molecule has 1 aromatic rings. The summed E-state index contributed by atoms with van der Waals surface area (Å²) in [5, 5.41) is 3.44. The first kappa shape index (κ1) is 8.75. The number of piperidine rings is 1. The molecule has 1 atom stereocenters. The van der Waals surface area contributed by atoms with Gasteiger partial charge in [-0.25, -0.2) is 4.98 Å². The third-order valence-corrected chi connectivity index (χ3v) is 2.81. The zero-order chi connectivity index (χ0) is 9.10. The summed E-state index contributed by atoms with van der Waals surface area (Å²) >= 11 is 0. The number of nitrogens with zero attached hydrogens (tertiary/aromatic N) is 2. The molecule has 3 nitrogen and oxygen atoms in total. The number of rotatable bonds is 2. The van der Waals surface area contributed by atoms with Crippen molar-refractivity contribution >= 4 is 0 Å². The number of hydrogen-bond donors (Lipinski definition) is 1. The Morgan fingerprint density at radius 1 is 1.69 bits per heavy atom. The van der Waals surface area contributed by atoms with Crippen molar-refractivity contribution in [1.29, 1.82) is 0 Å². The summed E-state index contributed by atoms with van der Waals surface area (Å²) in [5.41, 5.74) is 1.36. The Balaban J connectivity index is 1.93. The Morgan fingerprint density at radius 3 is 3.23 bits per heavy atom. The molecular formula is C10H17N3. The van der Waals surface area contributed by atoms with Crippen LogP contribution in [0.25, 0.3) is 0 Å². The van der Waals surface area contributed by atoms with Crippen LogP contribution in [0.4, 0.5) is 0 Å². The summed E-state index contributed by atoms with van der Waals surface area (Å²) in [6.45, 7) is 2.37. The van der Waals surface area contributed by atoms with E-state index in [0.29, 0.717) is 0 Å². The van der Waals surface area contributed by atoms with E-state index in [4.69, 9.17) is 0 Å². The molecule has 1 aliphatic heterocycles. The molecule has 0 radical (unpaired) electrons. The topological polar surface area (TPSA) is 29.9 Å². The van der Waals surface area contributed by atoms with Crippen LogP contribution in [-0.4, -0.2) is 22.6 Å². The van der Waals surface area contributed by atoms with Gasteiger partial charge in [0.1, 0.15) is 0 Å². The van der Waals surface area contributed by atoms with Crippen LogP contribution in [-0.2, 0) is 13.5 Å². The van der Waals surface area contributed by atoms with Gasteiger partial charge in [0.25, 0.3) is 0 Å². The van der Waals surface area contributed by atoms with E-state index in [-0.39, 0.29) is 0 Å². The molecule has 1 aromatic heterocycles. The van der Waals surface area contributed by atoms with Crippen molar-refractivity contribution in [2.45, 2.75) is 19.3 Å². The smallest absolute Gasteiger partial charge is 0.0945 e. The van der Waals surface area contributed by atoms with Crippen LogP contribution in [0.15, 0.2) is 12.5 Å². The molecule has 0 bridgehead atoms. The monoisotopic (exact) mass is 179 g/mol. The van der Waals surface area contributed by atoms with Crippen molar-refractivity contribution in [2.24, 2.45) is 13.0 Å². The van der Waals surface area contributed by atoms with Crippen molar-refractivity contribution in [1.82, 2.24) is 14.9 Å². The molecule has 2 heterocycles. The Kier molecular flexibility index (Phi) is 2.64. The van der Waals surface area contributed by atoms with Gasteiger partial charge in [0.05, 0.1) is 6.33 Å². The van der Waals surface area contributed by atoms with Gasteiger partial charge < -0.3 is 9.88 Å². The lowest BCUT2D eigenvalue weighted by Crippen LogP contribution is -2.31. The minimum absolute atomic E-state index is 0.809. The Bertz CT molecular complexity index is 261. The van der Waals surface area contributed by atoms with E-state index in [1.54, 1.807) is 0 Å². The van der Waals surface area contributed by atoms with Gasteiger partial charge in [0, 0.05) is 18.9 Å². The number of aromatic nitrogens is 2. The average Bonchev–Trinajstić information content (AvgIpc) is 2.54. The molecule has 1 saturated heterocycles. The summed E-state index contributed by atoms with van der Waals surface area (Å²) in [6, 6.07) is 0. The van der Waals surface area contributed by atoms with Gasteiger partial charge in [0.2, 0.25) is 0 Å². The lowest BCUT2D eigenvalue weighted by atomic mass is 9.95. The van der Waals surface area contributed by atoms with E-state index >= 15 is 0 Å². The highest BCUT2D eigenvalue weighted by atomic mass is 15.0. The Labute approximate surface area is 79.2 Å². The van der Waals surface area contributed by atoms with Crippen LogP contribution >= 0.6 is 0 Å². The largest absolute Gasteiger partial charge is 0.338 e. The van der Waals surface area contributed by atoms with Crippen LogP contribution in [0.2, 0.25) is 0 Å². The van der Waals surface area contributed by atoms with Gasteiger partial charge in [-0.3, -0.25) is 0 Å². The fourth-order valence-electron chi connectivity index (χ4n) is 1.98. The molecule has 2 rings (SSSR count). The Hall–Kier alpha value is -0.830. The first-order valence-electron chi connectivity index (χ1n) is 5.02. The van der Waals surface area contributed by atoms with Crippen molar-refractivity contribution in [2.75, 3.05) is 13.1 Å². The van der Waals surface area contributed by atoms with Crippen molar-refractivity contribution in [3.63, 3.8) is 0 Å². The van der Waals surface area contributed by atoms with E-state index in [2.05, 4.69) is 21.9 Å². The summed E-state index contributed by atoms with van der Waals surface area (Å²) in [6.07, 6.45) is 7.71. The maximum absolute atomic E-state index is 4.13. The molecule has 1 N–H and O–H groups in total. The SMILES string of the molecule is Cn1cncc1CC1CCCNC1. The fraction of sp³-hybridized carbons (Fsp3) is 0.700. The highest BCUT2D eigenvalue weighted by Crippen LogP contribution is 2.15. The number of imidazole rings is 1. The van der Waals surface area contributed by atoms with Gasteiger partial charge in [-0.2, -0.15) is 0 Å². The van der Waals surface area contributed by atoms with Crippen molar-refractivity contribution in [3.05, 3.63) is 18.2 Å². The number of aryl methyl sites for hydroxylation is 1. The molecule has 1 fully saturated rings. The summed E-state index contributed by atoms with van der Waals surface area (Å²) < 4.78 is 2.12. The van der Waals surface area contributed by atoms with E-state index < -0.39 is 0 Å². The van der Waals surface area contributed by atoms with Gasteiger partial charge >= 0.3 is 0 Å². The number of hydrogen-bond acceptors (Lipinski definition) is 2. The van der Waals surface area contributed by atoms with Gasteiger partial charge in [-0.15, -0.1) is 0 Å². The first-order chi connectivity index (χ1) is 6.36. The standard InChI is InChI=1S/C10H17N3/c1-13-8-12-7-10(13)5-9-3-2-4-11-6-9/h7-9,11H,2-6H2,1H3. The maximum Gasteiger partial charge on any atom is 0.0945 e. The molecule has 13 heavy (non-hydrogen) atoms. The molecule has 0 spiro atoms. The lowest BCUT2D eigenvalue weighted by Gasteiger charge is -2.22. The van der Waals surface area contributed by atoms with E-state index in [1.807, 2.05) is 12.5 Å². The van der Waals surface area contributed by atoms with Gasteiger partial charge in [0.15, 0.2) is 0 Å². The van der Waals surface area contributed by atoms with E-state index in [9.17, 15) is 0 Å². The second-order valence-electron chi connectivity index (χ2n) is 3.91. The van der Waals surface area contributed by atoms with E-state index in [0.717, 1.165) is 5.92 Å². The predicted octanol–water partition coefficient (Wildman–Crippen LogP) is 0.962. The molecule has 72 valence electrons. The second kappa shape index (κ2) is 3.92. The minimum atomic E-state index is 0.809. The Morgan fingerprint density at radius 2 is 2.62 bits per heavy atom. The number of nitrogens with one attached hydrogen (secondary N) is 1. The van der Waals surface area contributed by atoms with Gasteiger partial charge in [-0.1, -0.05) is 0 Å². The molecule has 0 amide bonds. The van der Waals surface area contributed by atoms with Crippen LogP contribution in [0.3, 0.4) is 0 Å². The van der Waals surface area contributed by atoms with Crippen LogP contribution in [0.1, 0.15) is 18.5 Å². The van der Waals surface area contributed by atoms with Crippen LogP contribution in [0, 0.1) is 5.92 Å². The highest BCUT2D eigenvalue weighted by molar-refractivity contribution is 4.99. The molecule has 3 heteroatoms. The quantitative estimate of drug-likeness (QED) is 0.733. The van der Waals surface area contributed by atoms with Crippen molar-refractivity contribution in [3.8, 4) is 0 Å². The van der Waals surface area contributed by atoms with Crippen LogP contribution < -0.4 is 5.32 Å². The molecular weight excluding hydrogens is 162 g/mol. The first-order valence-corrected chi connectivity index (χ1v) is 5.02. The molecule has 0 saturated carbocycles. The summed E-state index contributed by atoms with van der Waals surface area (Å²) in [4.78, 5) is 4.13. The summed E-state index contributed by atoms with van der Waals surface area (Å²) in [5.74, 6) is 0.809. The maximum atomic E-state index is 4.13. The third kappa shape index (κ3) is 2.10. The lowest BCUT2D eigenvalue weighted by molar-refractivity contribution is 0.371. The van der Waals surface area contributed by atoms with Crippen LogP contribution in [0.5, 0.6) is 0 Å². The van der Waals surface area contributed by atoms with Crippen molar-refractivity contribution < 1.29 is 0 Å². The summed E-state index contributed by atoms with van der Waals surface area (Å²) in [7, 11) is 2.07. The van der Waals surface area contributed by atoms with E-state index in [1.165, 1.54) is 38.0 Å². The fourth-order valence-corrected chi connectivity index (χ4v) is 1.98. The molecule has 1 aliphatic rings. The normalized spacial score (nSPS) is 23.3. The molecule has 0 aromatic carbocycles. The average molecular weight is 179 g/mol. The molecule has 0 aliphatic carbocycles. The predicted molar refractivity (Wildman–Crippen MR) is 52.5 cm³/mol.